The molecule has 0 saturated carbocycles. The van der Waals surface area contributed by atoms with Gasteiger partial charge in [0.05, 0.1) is 28.0 Å². The van der Waals surface area contributed by atoms with Gasteiger partial charge in [0.15, 0.2) is 5.82 Å². The van der Waals surface area contributed by atoms with Gasteiger partial charge in [-0.15, -0.1) is 11.3 Å². The maximum absolute atomic E-state index is 6.45. The maximum atomic E-state index is 6.45. The molecule has 0 aliphatic carbocycles. The highest BCUT2D eigenvalue weighted by atomic mass is 32.1. The zero-order chi connectivity index (χ0) is 35.6. The average molecular weight is 708 g/mol. The van der Waals surface area contributed by atoms with Gasteiger partial charge < -0.3 is 4.42 Å². The summed E-state index contributed by atoms with van der Waals surface area (Å²) in [6.07, 6.45) is 0. The van der Waals surface area contributed by atoms with E-state index in [4.69, 9.17) is 19.4 Å². The van der Waals surface area contributed by atoms with Crippen molar-refractivity contribution in [2.24, 2.45) is 0 Å². The molecule has 4 heterocycles. The molecule has 0 fully saturated rings. The molecule has 11 rings (SSSR count). The lowest BCUT2D eigenvalue weighted by molar-refractivity contribution is 0.672. The van der Waals surface area contributed by atoms with Crippen LogP contribution in [-0.2, 0) is 0 Å². The van der Waals surface area contributed by atoms with Crippen molar-refractivity contribution in [1.29, 1.82) is 0 Å². The molecule has 0 bridgehead atoms. The summed E-state index contributed by atoms with van der Waals surface area (Å²) in [5.74, 6) is 0.705. The molecule has 0 N–H and O–H groups in total. The Morgan fingerprint density at radius 2 is 0.963 bits per heavy atom. The molecule has 0 unspecified atom stereocenters. The number of pyridine rings is 1. The van der Waals surface area contributed by atoms with Crippen LogP contribution in [0.2, 0.25) is 0 Å². The molecular weight excluding hydrogens is 679 g/mol. The molecule has 0 aliphatic rings. The molecule has 5 heteroatoms. The third-order valence-electron chi connectivity index (χ3n) is 10.3. The minimum absolute atomic E-state index is 0.705. The normalized spacial score (nSPS) is 11.7. The molecule has 0 radical (unpaired) electrons. The largest absolute Gasteiger partial charge is 0.455 e. The molecule has 4 nitrogen and oxygen atoms in total. The number of rotatable bonds is 5. The van der Waals surface area contributed by atoms with Crippen LogP contribution in [-0.4, -0.2) is 15.0 Å². The fraction of sp³-hybridized carbons (Fsp3) is 0. The molecule has 252 valence electrons. The van der Waals surface area contributed by atoms with Crippen molar-refractivity contribution in [2.75, 3.05) is 0 Å². The average Bonchev–Trinajstić information content (AvgIpc) is 3.84. The summed E-state index contributed by atoms with van der Waals surface area (Å²) in [7, 11) is 0. The first-order valence-corrected chi connectivity index (χ1v) is 18.8. The van der Waals surface area contributed by atoms with Gasteiger partial charge in [0.1, 0.15) is 11.2 Å². The number of nitrogens with zero attached hydrogens (tertiary/aromatic N) is 3. The van der Waals surface area contributed by atoms with E-state index in [2.05, 4.69) is 140 Å². The van der Waals surface area contributed by atoms with Crippen LogP contribution in [0.3, 0.4) is 0 Å². The van der Waals surface area contributed by atoms with Gasteiger partial charge in [0, 0.05) is 53.2 Å². The predicted octanol–water partition coefficient (Wildman–Crippen LogP) is 13.6. The Morgan fingerprint density at radius 3 is 1.70 bits per heavy atom. The van der Waals surface area contributed by atoms with Gasteiger partial charge in [-0.05, 0) is 41.5 Å². The van der Waals surface area contributed by atoms with E-state index in [1.807, 2.05) is 47.7 Å². The Kier molecular flexibility index (Phi) is 7.00. The monoisotopic (exact) mass is 707 g/mol. The standard InChI is InChI=1S/C49H29N3OS/c1-3-13-30(14-4-1)34-19-11-20-35-36-21-12-22-39(48(36)54-47(34)35)49-51-41(31-15-5-2-6-16-31)29-42(52-49)32-25-27-33(28-26-32)45-44-38-18-8-10-24-43(38)53-46(44)37-17-7-9-23-40(37)50-45/h1-29H. The summed E-state index contributed by atoms with van der Waals surface area (Å²) in [4.78, 5) is 15.7. The highest BCUT2D eigenvalue weighted by Gasteiger charge is 2.20. The van der Waals surface area contributed by atoms with E-state index in [-0.39, 0.29) is 0 Å². The molecule has 0 amide bonds. The number of hydrogen-bond donors (Lipinski definition) is 0. The van der Waals surface area contributed by atoms with Crippen LogP contribution >= 0.6 is 11.3 Å². The Balaban J connectivity index is 1.08. The quantitative estimate of drug-likeness (QED) is 0.179. The van der Waals surface area contributed by atoms with Gasteiger partial charge in [-0.2, -0.15) is 0 Å². The van der Waals surface area contributed by atoms with Crippen LogP contribution in [0.5, 0.6) is 0 Å². The molecule has 0 atom stereocenters. The van der Waals surface area contributed by atoms with E-state index < -0.39 is 0 Å². The van der Waals surface area contributed by atoms with E-state index >= 15 is 0 Å². The minimum Gasteiger partial charge on any atom is -0.455 e. The van der Waals surface area contributed by atoms with Gasteiger partial charge in [0.2, 0.25) is 0 Å². The molecule has 4 aromatic heterocycles. The van der Waals surface area contributed by atoms with Crippen molar-refractivity contribution in [3.8, 4) is 56.3 Å². The Bertz CT molecular complexity index is 3200. The van der Waals surface area contributed by atoms with Crippen molar-refractivity contribution in [1.82, 2.24) is 15.0 Å². The van der Waals surface area contributed by atoms with E-state index in [1.54, 1.807) is 0 Å². The zero-order valence-electron chi connectivity index (χ0n) is 28.9. The van der Waals surface area contributed by atoms with Gasteiger partial charge in [-0.1, -0.05) is 146 Å². The smallest absolute Gasteiger partial charge is 0.161 e. The SMILES string of the molecule is c1ccc(-c2cc(-c3ccc(-c4nc5ccccc5c5oc6ccccc6c45)cc3)nc(-c3cccc4c3sc3c(-c5ccccc5)cccc34)n2)cc1. The molecule has 54 heavy (non-hydrogen) atoms. The molecule has 0 saturated heterocycles. The molecular formula is C49H29N3OS. The summed E-state index contributed by atoms with van der Waals surface area (Å²) in [5.41, 5.74) is 11.8. The van der Waals surface area contributed by atoms with Crippen molar-refractivity contribution < 1.29 is 4.42 Å². The number of hydrogen-bond acceptors (Lipinski definition) is 5. The maximum Gasteiger partial charge on any atom is 0.161 e. The first kappa shape index (κ1) is 30.7. The van der Waals surface area contributed by atoms with E-state index in [0.717, 1.165) is 72.2 Å². The molecule has 11 aromatic rings. The summed E-state index contributed by atoms with van der Waals surface area (Å²) >= 11 is 1.82. The van der Waals surface area contributed by atoms with Crippen molar-refractivity contribution in [3.63, 3.8) is 0 Å². The van der Waals surface area contributed by atoms with Gasteiger partial charge in [0.25, 0.3) is 0 Å². The number of benzene rings is 7. The lowest BCUT2D eigenvalue weighted by Gasteiger charge is -2.11. The van der Waals surface area contributed by atoms with Gasteiger partial charge >= 0.3 is 0 Å². The number of fused-ring (bicyclic) bond motifs is 8. The third-order valence-corrected chi connectivity index (χ3v) is 11.6. The molecule has 7 aromatic carbocycles. The second-order valence-corrected chi connectivity index (χ2v) is 14.5. The first-order valence-electron chi connectivity index (χ1n) is 18.0. The number of aromatic nitrogens is 3. The number of para-hydroxylation sites is 2. The fourth-order valence-electron chi connectivity index (χ4n) is 7.73. The highest BCUT2D eigenvalue weighted by Crippen LogP contribution is 2.44. The number of thiophene rings is 1. The highest BCUT2D eigenvalue weighted by molar-refractivity contribution is 7.26. The minimum atomic E-state index is 0.705. The van der Waals surface area contributed by atoms with Gasteiger partial charge in [-0.3, -0.25) is 0 Å². The number of furan rings is 1. The van der Waals surface area contributed by atoms with Crippen molar-refractivity contribution in [2.45, 2.75) is 0 Å². The lowest BCUT2D eigenvalue weighted by Crippen LogP contribution is -1.96. The van der Waals surface area contributed by atoms with Crippen LogP contribution < -0.4 is 0 Å². The molecule has 0 aliphatic heterocycles. The van der Waals surface area contributed by atoms with Crippen LogP contribution in [0.15, 0.2) is 180 Å². The second kappa shape index (κ2) is 12.3. The summed E-state index contributed by atoms with van der Waals surface area (Å²) in [6.45, 7) is 0. The van der Waals surface area contributed by atoms with Crippen LogP contribution in [0, 0.1) is 0 Å². The summed E-state index contributed by atoms with van der Waals surface area (Å²) in [6, 6.07) is 61.2. The zero-order valence-corrected chi connectivity index (χ0v) is 29.7. The first-order chi connectivity index (χ1) is 26.8. The van der Waals surface area contributed by atoms with Crippen LogP contribution in [0.1, 0.15) is 0 Å². The van der Waals surface area contributed by atoms with Gasteiger partial charge in [-0.25, -0.2) is 15.0 Å². The Hall–Kier alpha value is -6.95. The van der Waals surface area contributed by atoms with Crippen LogP contribution in [0.25, 0.3) is 109 Å². The second-order valence-electron chi connectivity index (χ2n) is 13.5. The third kappa shape index (κ3) is 4.94. The summed E-state index contributed by atoms with van der Waals surface area (Å²) in [5, 5.41) is 5.56. The fourth-order valence-corrected chi connectivity index (χ4v) is 9.08. The van der Waals surface area contributed by atoms with E-state index in [9.17, 15) is 0 Å². The molecule has 0 spiro atoms. The predicted molar refractivity (Wildman–Crippen MR) is 225 cm³/mol. The topological polar surface area (TPSA) is 51.8 Å². The van der Waals surface area contributed by atoms with Crippen molar-refractivity contribution >= 4 is 64.4 Å². The lowest BCUT2D eigenvalue weighted by atomic mass is 10.00. The van der Waals surface area contributed by atoms with E-state index in [0.29, 0.717) is 5.82 Å². The van der Waals surface area contributed by atoms with E-state index in [1.165, 1.54) is 31.3 Å². The summed E-state index contributed by atoms with van der Waals surface area (Å²) < 4.78 is 8.90. The Morgan fingerprint density at radius 1 is 0.407 bits per heavy atom. The van der Waals surface area contributed by atoms with Crippen molar-refractivity contribution in [3.05, 3.63) is 176 Å². The van der Waals surface area contributed by atoms with Crippen LogP contribution in [0.4, 0.5) is 0 Å². The Labute approximate surface area is 314 Å².